The van der Waals surface area contributed by atoms with Crippen molar-refractivity contribution >= 4 is 5.78 Å². The fourth-order valence-corrected chi connectivity index (χ4v) is 3.83. The molecule has 0 spiro atoms. The number of carbonyl (C=O) groups excluding carboxylic acids is 1. The molecule has 0 heterocycles. The van der Waals surface area contributed by atoms with Crippen LogP contribution in [-0.4, -0.2) is 30.3 Å². The summed E-state index contributed by atoms with van der Waals surface area (Å²) in [5.41, 5.74) is 0.534. The first kappa shape index (κ1) is 15.0. The lowest BCUT2D eigenvalue weighted by molar-refractivity contribution is -0.126. The van der Waals surface area contributed by atoms with E-state index in [4.69, 9.17) is 0 Å². The standard InChI is InChI=1S/C17H31NO/c1-13-5-6-16(19)14(11-13)12-18(4)15-7-9-17(2,3)10-8-15/h13-15H,5-12H2,1-4H3. The third kappa shape index (κ3) is 4.05. The van der Waals surface area contributed by atoms with E-state index in [0.29, 0.717) is 23.2 Å². The molecule has 2 heteroatoms. The molecule has 2 unspecified atom stereocenters. The smallest absolute Gasteiger partial charge is 0.137 e. The number of rotatable bonds is 3. The zero-order chi connectivity index (χ0) is 14.0. The zero-order valence-electron chi connectivity index (χ0n) is 13.2. The molecule has 0 aromatic carbocycles. The highest BCUT2D eigenvalue weighted by molar-refractivity contribution is 5.81. The molecule has 0 N–H and O–H groups in total. The van der Waals surface area contributed by atoms with Gasteiger partial charge in [0.25, 0.3) is 0 Å². The van der Waals surface area contributed by atoms with Gasteiger partial charge in [0.2, 0.25) is 0 Å². The van der Waals surface area contributed by atoms with Crippen LogP contribution in [0.25, 0.3) is 0 Å². The summed E-state index contributed by atoms with van der Waals surface area (Å²) in [6.45, 7) is 8.06. The molecule has 2 saturated carbocycles. The minimum atomic E-state index is 0.309. The molecule has 0 aliphatic heterocycles. The van der Waals surface area contributed by atoms with Crippen molar-refractivity contribution < 1.29 is 4.79 Å². The van der Waals surface area contributed by atoms with E-state index in [9.17, 15) is 4.79 Å². The first-order chi connectivity index (χ1) is 8.87. The summed E-state index contributed by atoms with van der Waals surface area (Å²) in [5, 5.41) is 0. The zero-order valence-corrected chi connectivity index (χ0v) is 13.2. The quantitative estimate of drug-likeness (QED) is 0.771. The Morgan fingerprint density at radius 2 is 1.84 bits per heavy atom. The molecular formula is C17H31NO. The van der Waals surface area contributed by atoms with Gasteiger partial charge in [0.1, 0.15) is 5.78 Å². The largest absolute Gasteiger partial charge is 0.303 e. The van der Waals surface area contributed by atoms with Gasteiger partial charge in [-0.25, -0.2) is 0 Å². The van der Waals surface area contributed by atoms with Crippen LogP contribution in [-0.2, 0) is 4.79 Å². The van der Waals surface area contributed by atoms with Gasteiger partial charge in [0.05, 0.1) is 0 Å². The van der Waals surface area contributed by atoms with Crippen LogP contribution in [0.2, 0.25) is 0 Å². The average molecular weight is 265 g/mol. The monoisotopic (exact) mass is 265 g/mol. The van der Waals surface area contributed by atoms with Crippen molar-refractivity contribution in [2.75, 3.05) is 13.6 Å². The van der Waals surface area contributed by atoms with Gasteiger partial charge in [-0.2, -0.15) is 0 Å². The first-order valence-corrected chi connectivity index (χ1v) is 8.10. The van der Waals surface area contributed by atoms with E-state index in [2.05, 4.69) is 32.7 Å². The molecule has 2 rings (SSSR count). The lowest BCUT2D eigenvalue weighted by Gasteiger charge is -2.40. The highest BCUT2D eigenvalue weighted by atomic mass is 16.1. The molecule has 0 bridgehead atoms. The van der Waals surface area contributed by atoms with Crippen LogP contribution in [0.3, 0.4) is 0 Å². The Kier molecular flexibility index (Phi) is 4.70. The van der Waals surface area contributed by atoms with Crippen molar-refractivity contribution in [1.82, 2.24) is 4.90 Å². The van der Waals surface area contributed by atoms with Crippen molar-refractivity contribution in [2.45, 2.75) is 71.8 Å². The summed E-state index contributed by atoms with van der Waals surface area (Å²) in [4.78, 5) is 14.5. The van der Waals surface area contributed by atoms with Gasteiger partial charge in [-0.15, -0.1) is 0 Å². The number of ketones is 1. The second kappa shape index (κ2) is 5.95. The van der Waals surface area contributed by atoms with Gasteiger partial charge < -0.3 is 4.90 Å². The van der Waals surface area contributed by atoms with Gasteiger partial charge in [-0.3, -0.25) is 4.79 Å². The summed E-state index contributed by atoms with van der Waals surface area (Å²) in [6, 6.07) is 0.707. The molecule has 2 aliphatic rings. The topological polar surface area (TPSA) is 20.3 Å². The molecule has 0 aromatic rings. The van der Waals surface area contributed by atoms with Crippen LogP contribution in [0.4, 0.5) is 0 Å². The van der Waals surface area contributed by atoms with Gasteiger partial charge in [0.15, 0.2) is 0 Å². The number of Topliss-reactive ketones (excluding diaryl/α,β-unsaturated/α-hetero) is 1. The minimum absolute atomic E-state index is 0.309. The van der Waals surface area contributed by atoms with Crippen molar-refractivity contribution in [3.8, 4) is 0 Å². The van der Waals surface area contributed by atoms with E-state index in [1.807, 2.05) is 0 Å². The van der Waals surface area contributed by atoms with Gasteiger partial charge in [0, 0.05) is 24.9 Å². The first-order valence-electron chi connectivity index (χ1n) is 8.10. The normalized spacial score (nSPS) is 32.8. The van der Waals surface area contributed by atoms with E-state index < -0.39 is 0 Å². The Bertz CT molecular complexity index is 313. The maximum atomic E-state index is 12.0. The second-order valence-electron chi connectivity index (χ2n) is 7.88. The predicted octanol–water partition coefficient (Wildman–Crippen LogP) is 3.89. The summed E-state index contributed by atoms with van der Waals surface area (Å²) in [5.74, 6) is 1.56. The molecule has 2 atom stereocenters. The molecule has 110 valence electrons. The summed E-state index contributed by atoms with van der Waals surface area (Å²) in [6.07, 6.45) is 8.31. The molecule has 2 aliphatic carbocycles. The summed E-state index contributed by atoms with van der Waals surface area (Å²) < 4.78 is 0. The predicted molar refractivity (Wildman–Crippen MR) is 80.2 cm³/mol. The third-order valence-electron chi connectivity index (χ3n) is 5.47. The SMILES string of the molecule is CC1CCC(=O)C(CN(C)C2CCC(C)(C)CC2)C1. The van der Waals surface area contributed by atoms with Crippen LogP contribution < -0.4 is 0 Å². The lowest BCUT2D eigenvalue weighted by Crippen LogP contribution is -2.42. The lowest BCUT2D eigenvalue weighted by atomic mass is 9.75. The van der Waals surface area contributed by atoms with Gasteiger partial charge >= 0.3 is 0 Å². The average Bonchev–Trinajstić information content (AvgIpc) is 2.33. The Labute approximate surface area is 118 Å². The fraction of sp³-hybridized carbons (Fsp3) is 0.941. The molecular weight excluding hydrogens is 234 g/mol. The molecule has 19 heavy (non-hydrogen) atoms. The minimum Gasteiger partial charge on any atom is -0.303 e. The molecule has 2 nitrogen and oxygen atoms in total. The van der Waals surface area contributed by atoms with Crippen LogP contribution in [0.15, 0.2) is 0 Å². The summed E-state index contributed by atoms with van der Waals surface area (Å²) in [7, 11) is 2.23. The fourth-order valence-electron chi connectivity index (χ4n) is 3.83. The highest BCUT2D eigenvalue weighted by Gasteiger charge is 2.32. The molecule has 0 radical (unpaired) electrons. The van der Waals surface area contributed by atoms with Crippen LogP contribution >= 0.6 is 0 Å². The van der Waals surface area contributed by atoms with Crippen molar-refractivity contribution in [2.24, 2.45) is 17.3 Å². The summed E-state index contributed by atoms with van der Waals surface area (Å²) >= 11 is 0. The van der Waals surface area contributed by atoms with Gasteiger partial charge in [-0.05, 0) is 56.9 Å². The van der Waals surface area contributed by atoms with Crippen LogP contribution in [0.1, 0.15) is 65.7 Å². The van der Waals surface area contributed by atoms with Crippen LogP contribution in [0, 0.1) is 17.3 Å². The second-order valence-corrected chi connectivity index (χ2v) is 7.88. The maximum absolute atomic E-state index is 12.0. The van der Waals surface area contributed by atoms with E-state index in [-0.39, 0.29) is 0 Å². The Hall–Kier alpha value is -0.370. The van der Waals surface area contributed by atoms with Crippen molar-refractivity contribution in [1.29, 1.82) is 0 Å². The molecule has 0 amide bonds. The van der Waals surface area contributed by atoms with E-state index in [1.54, 1.807) is 0 Å². The van der Waals surface area contributed by atoms with E-state index in [0.717, 1.165) is 31.7 Å². The van der Waals surface area contributed by atoms with E-state index in [1.165, 1.54) is 25.7 Å². The Morgan fingerprint density at radius 3 is 2.47 bits per heavy atom. The molecule has 2 fully saturated rings. The van der Waals surface area contributed by atoms with Crippen molar-refractivity contribution in [3.63, 3.8) is 0 Å². The number of hydrogen-bond donors (Lipinski definition) is 0. The number of carbonyl (C=O) groups is 1. The Balaban J connectivity index is 1.83. The highest BCUT2D eigenvalue weighted by Crippen LogP contribution is 2.37. The molecule has 0 saturated heterocycles. The maximum Gasteiger partial charge on any atom is 0.137 e. The van der Waals surface area contributed by atoms with E-state index >= 15 is 0 Å². The Morgan fingerprint density at radius 1 is 1.21 bits per heavy atom. The van der Waals surface area contributed by atoms with Gasteiger partial charge in [-0.1, -0.05) is 20.8 Å². The number of hydrogen-bond acceptors (Lipinski definition) is 2. The number of nitrogens with zero attached hydrogens (tertiary/aromatic N) is 1. The van der Waals surface area contributed by atoms with Crippen LogP contribution in [0.5, 0.6) is 0 Å². The molecule has 0 aromatic heterocycles. The van der Waals surface area contributed by atoms with Crippen molar-refractivity contribution in [3.05, 3.63) is 0 Å². The third-order valence-corrected chi connectivity index (χ3v) is 5.47.